The minimum absolute atomic E-state index is 0.217. The lowest BCUT2D eigenvalue weighted by Gasteiger charge is -1.99. The number of nitrogens with one attached hydrogen (secondary N) is 1. The fourth-order valence-electron chi connectivity index (χ4n) is 1.56. The van der Waals surface area contributed by atoms with E-state index in [1.807, 2.05) is 6.92 Å². The van der Waals surface area contributed by atoms with Gasteiger partial charge in [-0.3, -0.25) is 14.9 Å². The maximum absolute atomic E-state index is 11.7. The molecule has 2 heterocycles. The molecule has 0 spiro atoms. The van der Waals surface area contributed by atoms with Gasteiger partial charge in [0.1, 0.15) is 17.4 Å². The molecule has 0 aliphatic rings. The average molecular weight is 306 g/mol. The van der Waals surface area contributed by atoms with Gasteiger partial charge in [-0.15, -0.1) is 0 Å². The molecule has 2 rings (SSSR count). The van der Waals surface area contributed by atoms with E-state index in [-0.39, 0.29) is 11.6 Å². The summed E-state index contributed by atoms with van der Waals surface area (Å²) in [5.41, 5.74) is 0.514. The van der Waals surface area contributed by atoms with Crippen LogP contribution in [0.5, 0.6) is 0 Å². The Morgan fingerprint density at radius 2 is 2.41 bits per heavy atom. The summed E-state index contributed by atoms with van der Waals surface area (Å²) >= 11 is 0. The molecule has 1 N–H and O–H groups in total. The zero-order valence-electron chi connectivity index (χ0n) is 11.8. The second kappa shape index (κ2) is 7.18. The van der Waals surface area contributed by atoms with E-state index in [0.717, 1.165) is 0 Å². The van der Waals surface area contributed by atoms with Crippen molar-refractivity contribution in [3.05, 3.63) is 46.5 Å². The molecule has 2 aromatic heterocycles. The number of furan rings is 1. The van der Waals surface area contributed by atoms with E-state index < -0.39 is 10.8 Å². The highest BCUT2D eigenvalue weighted by Gasteiger charge is 2.10. The van der Waals surface area contributed by atoms with E-state index in [0.29, 0.717) is 19.0 Å². The molecule has 2 aromatic rings. The number of ether oxygens (including phenoxy) is 1. The van der Waals surface area contributed by atoms with Crippen molar-refractivity contribution < 1.29 is 18.9 Å². The number of carbonyl (C=O) groups is 1. The Morgan fingerprint density at radius 3 is 3.09 bits per heavy atom. The molecule has 0 atom stereocenters. The number of amides is 1. The van der Waals surface area contributed by atoms with E-state index in [9.17, 15) is 14.9 Å². The third kappa shape index (κ3) is 4.28. The SMILES string of the molecule is CCOCn1cc(NC(=O)/C=C/c2ccc([N+](=O)[O-])o2)cn1. The lowest BCUT2D eigenvalue weighted by Crippen LogP contribution is -2.07. The van der Waals surface area contributed by atoms with Crippen LogP contribution in [0.25, 0.3) is 6.08 Å². The number of anilines is 1. The first-order valence-electron chi connectivity index (χ1n) is 6.42. The third-order valence-electron chi connectivity index (χ3n) is 2.52. The Bertz CT molecular complexity index is 688. The molecule has 1 amide bonds. The minimum Gasteiger partial charge on any atom is -0.401 e. The topological polar surface area (TPSA) is 112 Å². The first kappa shape index (κ1) is 15.4. The van der Waals surface area contributed by atoms with E-state index in [4.69, 9.17) is 9.15 Å². The number of nitrogens with zero attached hydrogens (tertiary/aromatic N) is 3. The van der Waals surface area contributed by atoms with Crippen molar-refractivity contribution in [2.45, 2.75) is 13.7 Å². The number of nitro groups is 1. The van der Waals surface area contributed by atoms with E-state index in [1.54, 1.807) is 10.9 Å². The second-order valence-electron chi connectivity index (χ2n) is 4.15. The first-order valence-corrected chi connectivity index (χ1v) is 6.42. The standard InChI is InChI=1S/C13H14N4O5/c1-2-21-9-16-8-10(7-14-16)15-12(18)5-3-11-4-6-13(22-11)17(19)20/h3-8H,2,9H2,1H3,(H,15,18)/b5-3+. The van der Waals surface area contributed by atoms with Crippen LogP contribution in [-0.4, -0.2) is 27.2 Å². The zero-order chi connectivity index (χ0) is 15.9. The van der Waals surface area contributed by atoms with Gasteiger partial charge in [0.15, 0.2) is 0 Å². The number of hydrogen-bond donors (Lipinski definition) is 1. The van der Waals surface area contributed by atoms with Gasteiger partial charge in [0.05, 0.1) is 24.1 Å². The monoisotopic (exact) mass is 306 g/mol. The third-order valence-corrected chi connectivity index (χ3v) is 2.52. The Hall–Kier alpha value is -2.94. The second-order valence-corrected chi connectivity index (χ2v) is 4.15. The maximum Gasteiger partial charge on any atom is 0.433 e. The summed E-state index contributed by atoms with van der Waals surface area (Å²) in [6, 6.07) is 2.62. The van der Waals surface area contributed by atoms with Gasteiger partial charge < -0.3 is 14.5 Å². The number of rotatable bonds is 7. The summed E-state index contributed by atoms with van der Waals surface area (Å²) in [4.78, 5) is 21.5. The highest BCUT2D eigenvalue weighted by molar-refractivity contribution is 6.01. The van der Waals surface area contributed by atoms with Crippen molar-refractivity contribution in [3.8, 4) is 0 Å². The van der Waals surface area contributed by atoms with Gasteiger partial charge in [-0.25, -0.2) is 4.68 Å². The smallest absolute Gasteiger partial charge is 0.401 e. The van der Waals surface area contributed by atoms with Crippen molar-refractivity contribution in [1.29, 1.82) is 0 Å². The van der Waals surface area contributed by atoms with E-state index in [2.05, 4.69) is 10.4 Å². The van der Waals surface area contributed by atoms with Crippen LogP contribution in [-0.2, 0) is 16.3 Å². The fraction of sp³-hybridized carbons (Fsp3) is 0.231. The fourth-order valence-corrected chi connectivity index (χ4v) is 1.56. The quantitative estimate of drug-likeness (QED) is 0.476. The Kier molecular flexibility index (Phi) is 5.04. The molecule has 0 fully saturated rings. The molecule has 0 bridgehead atoms. The van der Waals surface area contributed by atoms with Crippen molar-refractivity contribution in [2.75, 3.05) is 11.9 Å². The zero-order valence-corrected chi connectivity index (χ0v) is 11.8. The number of carbonyl (C=O) groups excluding carboxylic acids is 1. The molecule has 9 heteroatoms. The highest BCUT2D eigenvalue weighted by Crippen LogP contribution is 2.16. The van der Waals surface area contributed by atoms with Gasteiger partial charge in [0.25, 0.3) is 0 Å². The molecule has 0 saturated carbocycles. The van der Waals surface area contributed by atoms with Crippen LogP contribution in [0.1, 0.15) is 12.7 Å². The summed E-state index contributed by atoms with van der Waals surface area (Å²) in [5, 5.41) is 17.1. The number of hydrogen-bond acceptors (Lipinski definition) is 6. The van der Waals surface area contributed by atoms with Crippen LogP contribution in [0.4, 0.5) is 11.6 Å². The van der Waals surface area contributed by atoms with Gasteiger partial charge >= 0.3 is 5.88 Å². The van der Waals surface area contributed by atoms with Crippen LogP contribution in [0, 0.1) is 10.1 Å². The molecular weight excluding hydrogens is 292 g/mol. The van der Waals surface area contributed by atoms with Crippen LogP contribution in [0.3, 0.4) is 0 Å². The largest absolute Gasteiger partial charge is 0.433 e. The van der Waals surface area contributed by atoms with Gasteiger partial charge in [0.2, 0.25) is 5.91 Å². The Morgan fingerprint density at radius 1 is 1.59 bits per heavy atom. The number of aromatic nitrogens is 2. The van der Waals surface area contributed by atoms with Crippen LogP contribution in [0.15, 0.2) is 35.0 Å². The van der Waals surface area contributed by atoms with Crippen molar-refractivity contribution in [3.63, 3.8) is 0 Å². The molecule has 0 unspecified atom stereocenters. The van der Waals surface area contributed by atoms with E-state index in [1.165, 1.54) is 30.5 Å². The van der Waals surface area contributed by atoms with Crippen LogP contribution < -0.4 is 5.32 Å². The van der Waals surface area contributed by atoms with Gasteiger partial charge in [-0.1, -0.05) is 0 Å². The molecule has 9 nitrogen and oxygen atoms in total. The van der Waals surface area contributed by atoms with Crippen molar-refractivity contribution >= 4 is 23.6 Å². The van der Waals surface area contributed by atoms with Gasteiger partial charge in [0, 0.05) is 12.7 Å². The molecule has 0 aromatic carbocycles. The lowest BCUT2D eigenvalue weighted by atomic mass is 10.4. The molecule has 0 saturated heterocycles. The van der Waals surface area contributed by atoms with Gasteiger partial charge in [-0.2, -0.15) is 5.10 Å². The summed E-state index contributed by atoms with van der Waals surface area (Å²) in [6.07, 6.45) is 5.66. The average Bonchev–Trinajstić information content (AvgIpc) is 3.12. The summed E-state index contributed by atoms with van der Waals surface area (Å²) in [7, 11) is 0. The van der Waals surface area contributed by atoms with Gasteiger partial charge in [-0.05, 0) is 19.1 Å². The molecule has 0 radical (unpaired) electrons. The van der Waals surface area contributed by atoms with Crippen molar-refractivity contribution in [1.82, 2.24) is 9.78 Å². The molecule has 0 aliphatic carbocycles. The molecular formula is C13H14N4O5. The maximum atomic E-state index is 11.7. The molecule has 116 valence electrons. The Labute approximate surface area is 125 Å². The molecule has 0 aliphatic heterocycles. The van der Waals surface area contributed by atoms with E-state index >= 15 is 0 Å². The van der Waals surface area contributed by atoms with Crippen LogP contribution in [0.2, 0.25) is 0 Å². The lowest BCUT2D eigenvalue weighted by molar-refractivity contribution is -0.402. The summed E-state index contributed by atoms with van der Waals surface area (Å²) < 4.78 is 11.6. The van der Waals surface area contributed by atoms with Crippen LogP contribution >= 0.6 is 0 Å². The normalized spacial score (nSPS) is 11.0. The van der Waals surface area contributed by atoms with Crippen molar-refractivity contribution in [2.24, 2.45) is 0 Å². The minimum atomic E-state index is -0.649. The highest BCUT2D eigenvalue weighted by atomic mass is 16.6. The predicted molar refractivity (Wildman–Crippen MR) is 76.9 cm³/mol. The summed E-state index contributed by atoms with van der Waals surface area (Å²) in [6.45, 7) is 2.74. The Balaban J connectivity index is 1.90. The summed E-state index contributed by atoms with van der Waals surface area (Å²) in [5.74, 6) is -0.568. The molecule has 22 heavy (non-hydrogen) atoms. The predicted octanol–water partition coefficient (Wildman–Crippen LogP) is 2.03. The first-order chi connectivity index (χ1) is 10.6.